The van der Waals surface area contributed by atoms with E-state index in [-0.39, 0.29) is 6.61 Å². The van der Waals surface area contributed by atoms with Crippen LogP contribution in [0.25, 0.3) is 0 Å². The van der Waals surface area contributed by atoms with Crippen LogP contribution in [-0.2, 0) is 38.0 Å². The molecule has 0 aromatic rings. The van der Waals surface area contributed by atoms with Gasteiger partial charge in [-0.2, -0.15) is 0 Å². The van der Waals surface area contributed by atoms with Gasteiger partial charge in [0.15, 0.2) is 12.4 Å². The Bertz CT molecular complexity index is 527. The third kappa shape index (κ3) is 12.2. The van der Waals surface area contributed by atoms with E-state index < -0.39 is 42.6 Å². The lowest BCUT2D eigenvalue weighted by molar-refractivity contribution is -0.311. The summed E-state index contributed by atoms with van der Waals surface area (Å²) < 4.78 is 34.8. The first-order chi connectivity index (χ1) is 15.9. The summed E-state index contributed by atoms with van der Waals surface area (Å²) in [6.07, 6.45) is 7.70. The molecular weight excluding hydrogens is 428 g/mol. The third-order valence-electron chi connectivity index (χ3n) is 5.69. The van der Waals surface area contributed by atoms with E-state index >= 15 is 0 Å². The summed E-state index contributed by atoms with van der Waals surface area (Å²) in [5.41, 5.74) is 0. The van der Waals surface area contributed by atoms with Crippen molar-refractivity contribution in [3.63, 3.8) is 0 Å². The Balaban J connectivity index is 2.92. The Hall–Kier alpha value is -1.22. The van der Waals surface area contributed by atoms with Crippen LogP contribution < -0.4 is 0 Å². The molecule has 194 valence electrons. The third-order valence-corrected chi connectivity index (χ3v) is 5.69. The van der Waals surface area contributed by atoms with Crippen molar-refractivity contribution in [2.24, 2.45) is 0 Å². The maximum absolute atomic E-state index is 11.8. The fourth-order valence-electron chi connectivity index (χ4n) is 3.96. The lowest BCUT2D eigenvalue weighted by Gasteiger charge is -2.44. The molecule has 0 N–H and O–H groups in total. The predicted molar refractivity (Wildman–Crippen MR) is 125 cm³/mol. The highest BCUT2D eigenvalue weighted by Gasteiger charge is 2.50. The molecule has 0 bridgehead atoms. The second-order valence-corrected chi connectivity index (χ2v) is 8.65. The van der Waals surface area contributed by atoms with Crippen molar-refractivity contribution in [3.8, 4) is 0 Å². The number of rotatable bonds is 18. The van der Waals surface area contributed by atoms with Crippen molar-refractivity contribution in [1.29, 1.82) is 0 Å². The number of hydrogen-bond acceptors (Lipinski definition) is 8. The molecule has 1 heterocycles. The first-order valence-electron chi connectivity index (χ1n) is 12.7. The van der Waals surface area contributed by atoms with Crippen LogP contribution in [0.5, 0.6) is 0 Å². The van der Waals surface area contributed by atoms with Gasteiger partial charge in [-0.25, -0.2) is 0 Å². The molecule has 5 unspecified atom stereocenters. The Morgan fingerprint density at radius 2 is 1.27 bits per heavy atom. The van der Waals surface area contributed by atoms with Gasteiger partial charge in [-0.3, -0.25) is 9.59 Å². The zero-order chi connectivity index (χ0) is 24.5. The second kappa shape index (κ2) is 18.2. The van der Waals surface area contributed by atoms with Crippen LogP contribution in [0.4, 0.5) is 0 Å². The van der Waals surface area contributed by atoms with Crippen molar-refractivity contribution in [1.82, 2.24) is 0 Å². The Kier molecular flexibility index (Phi) is 16.4. The molecule has 1 aliphatic heterocycles. The monoisotopic (exact) mass is 474 g/mol. The van der Waals surface area contributed by atoms with Gasteiger partial charge in [-0.05, 0) is 12.8 Å². The van der Waals surface area contributed by atoms with Gasteiger partial charge in [0, 0.05) is 34.2 Å². The van der Waals surface area contributed by atoms with Crippen molar-refractivity contribution >= 4 is 11.9 Å². The molecule has 0 aromatic heterocycles. The average Bonchev–Trinajstić information content (AvgIpc) is 2.78. The Morgan fingerprint density at radius 3 is 1.76 bits per heavy atom. The van der Waals surface area contributed by atoms with Crippen LogP contribution in [0.15, 0.2) is 0 Å². The quantitative estimate of drug-likeness (QED) is 0.211. The topological polar surface area (TPSA) is 89.5 Å². The molecule has 33 heavy (non-hydrogen) atoms. The summed E-state index contributed by atoms with van der Waals surface area (Å²) >= 11 is 0. The molecule has 0 radical (unpaired) electrons. The van der Waals surface area contributed by atoms with E-state index in [2.05, 4.69) is 13.8 Å². The van der Waals surface area contributed by atoms with Crippen LogP contribution in [0.1, 0.15) is 91.9 Å². The van der Waals surface area contributed by atoms with Gasteiger partial charge >= 0.3 is 11.9 Å². The number of carbonyl (C=O) groups is 2. The predicted octanol–water partition coefficient (Wildman–Crippen LogP) is 4.56. The molecule has 0 aliphatic carbocycles. The van der Waals surface area contributed by atoms with E-state index in [1.807, 2.05) is 0 Å². The van der Waals surface area contributed by atoms with Crippen molar-refractivity contribution < 1.29 is 38.0 Å². The first kappa shape index (κ1) is 29.8. The number of esters is 2. The SMILES string of the molecule is CCCCCCCOC1C(COC(C)=O)OC(OC)C(OC(C)=O)C1OCCCCCCC. The van der Waals surface area contributed by atoms with Crippen LogP contribution in [-0.4, -0.2) is 69.6 Å². The molecule has 0 spiro atoms. The molecule has 1 rings (SSSR count). The van der Waals surface area contributed by atoms with E-state index in [9.17, 15) is 9.59 Å². The van der Waals surface area contributed by atoms with Gasteiger partial charge in [0.2, 0.25) is 0 Å². The summed E-state index contributed by atoms with van der Waals surface area (Å²) in [7, 11) is 1.49. The van der Waals surface area contributed by atoms with Gasteiger partial charge in [0.05, 0.1) is 0 Å². The molecule has 0 amide bonds. The lowest BCUT2D eigenvalue weighted by atomic mass is 9.98. The highest BCUT2D eigenvalue weighted by molar-refractivity contribution is 5.66. The largest absolute Gasteiger partial charge is 0.463 e. The fourth-order valence-corrected chi connectivity index (χ4v) is 3.96. The van der Waals surface area contributed by atoms with E-state index in [0.717, 1.165) is 38.5 Å². The number of unbranched alkanes of at least 4 members (excludes halogenated alkanes) is 8. The number of carbonyl (C=O) groups excluding carboxylic acids is 2. The normalized spacial score (nSPS) is 25.1. The highest BCUT2D eigenvalue weighted by atomic mass is 16.7. The lowest BCUT2D eigenvalue weighted by Crippen LogP contribution is -2.62. The molecule has 0 aromatic carbocycles. The minimum atomic E-state index is -0.844. The first-order valence-corrected chi connectivity index (χ1v) is 12.7. The summed E-state index contributed by atoms with van der Waals surface area (Å²) in [5, 5.41) is 0. The molecule has 5 atom stereocenters. The summed E-state index contributed by atoms with van der Waals surface area (Å²) in [5.74, 6) is -0.847. The molecule has 1 aliphatic rings. The van der Waals surface area contributed by atoms with Crippen molar-refractivity contribution in [2.75, 3.05) is 26.9 Å². The van der Waals surface area contributed by atoms with Crippen LogP contribution in [0, 0.1) is 0 Å². The van der Waals surface area contributed by atoms with Gasteiger partial charge in [0.1, 0.15) is 24.9 Å². The minimum absolute atomic E-state index is 0.0127. The van der Waals surface area contributed by atoms with Gasteiger partial charge < -0.3 is 28.4 Å². The number of ether oxygens (including phenoxy) is 6. The zero-order valence-electron chi connectivity index (χ0n) is 21.3. The van der Waals surface area contributed by atoms with E-state index in [0.29, 0.717) is 13.2 Å². The zero-order valence-corrected chi connectivity index (χ0v) is 21.3. The van der Waals surface area contributed by atoms with E-state index in [1.165, 1.54) is 46.6 Å². The van der Waals surface area contributed by atoms with Crippen molar-refractivity contribution in [2.45, 2.75) is 123 Å². The minimum Gasteiger partial charge on any atom is -0.463 e. The molecule has 8 heteroatoms. The highest BCUT2D eigenvalue weighted by Crippen LogP contribution is 2.29. The molecule has 1 fully saturated rings. The summed E-state index contributed by atoms with van der Waals surface area (Å²) in [6.45, 7) is 8.12. The summed E-state index contributed by atoms with van der Waals surface area (Å²) in [4.78, 5) is 23.3. The number of hydrogen-bond donors (Lipinski definition) is 0. The fraction of sp³-hybridized carbons (Fsp3) is 0.920. The van der Waals surface area contributed by atoms with Crippen molar-refractivity contribution in [3.05, 3.63) is 0 Å². The Labute approximate surface area is 199 Å². The average molecular weight is 475 g/mol. The Morgan fingerprint density at radius 1 is 0.727 bits per heavy atom. The van der Waals surface area contributed by atoms with E-state index in [1.54, 1.807) is 0 Å². The van der Waals surface area contributed by atoms with Gasteiger partial charge in [-0.1, -0.05) is 65.2 Å². The van der Waals surface area contributed by atoms with Crippen LogP contribution >= 0.6 is 0 Å². The van der Waals surface area contributed by atoms with E-state index in [4.69, 9.17) is 28.4 Å². The van der Waals surface area contributed by atoms with Crippen LogP contribution in [0.3, 0.4) is 0 Å². The number of methoxy groups -OCH3 is 1. The molecular formula is C25H46O8. The molecule has 0 saturated carbocycles. The summed E-state index contributed by atoms with van der Waals surface area (Å²) in [6, 6.07) is 0. The maximum atomic E-state index is 11.8. The molecule has 1 saturated heterocycles. The standard InChI is InChI=1S/C25H46O8/c1-6-8-10-12-14-16-29-22-21(18-31-19(3)26)33-25(28-5)24(32-20(4)27)23(22)30-17-15-13-11-9-7-2/h21-25H,6-18H2,1-5H3. The maximum Gasteiger partial charge on any atom is 0.303 e. The van der Waals surface area contributed by atoms with Gasteiger partial charge in [0.25, 0.3) is 0 Å². The smallest absolute Gasteiger partial charge is 0.303 e. The molecule has 8 nitrogen and oxygen atoms in total. The van der Waals surface area contributed by atoms with Gasteiger partial charge in [-0.15, -0.1) is 0 Å². The van der Waals surface area contributed by atoms with Crippen LogP contribution in [0.2, 0.25) is 0 Å². The second-order valence-electron chi connectivity index (χ2n) is 8.65.